The van der Waals surface area contributed by atoms with Gasteiger partial charge in [-0.1, -0.05) is 6.07 Å². The number of anilines is 1. The van der Waals surface area contributed by atoms with Gasteiger partial charge in [-0.3, -0.25) is 0 Å². The molecule has 0 radical (unpaired) electrons. The van der Waals surface area contributed by atoms with Crippen LogP contribution >= 0.6 is 0 Å². The molecular weight excluding hydrogens is 414 g/mol. The molecule has 172 valence electrons. The molecule has 2 aromatic rings. The molecule has 0 aliphatic carbocycles. The molecule has 2 fully saturated rings. The first kappa shape index (κ1) is 21.8. The predicted octanol–water partition coefficient (Wildman–Crippen LogP) is 3.56. The molecule has 1 aromatic heterocycles. The second-order valence-electron chi connectivity index (χ2n) is 9.87. The highest BCUT2D eigenvalue weighted by molar-refractivity contribution is 5.93. The summed E-state index contributed by atoms with van der Waals surface area (Å²) >= 11 is 0. The Bertz CT molecular complexity index is 1100. The normalized spacial score (nSPS) is 19.9. The molecule has 33 heavy (non-hydrogen) atoms. The fraction of sp³-hybridized carbons (Fsp3) is 0.538. The summed E-state index contributed by atoms with van der Waals surface area (Å²) in [6.07, 6.45) is 5.78. The summed E-state index contributed by atoms with van der Waals surface area (Å²) in [6, 6.07) is 8.15. The first-order valence-electron chi connectivity index (χ1n) is 12.0. The maximum Gasteiger partial charge on any atom is 0.338 e. The van der Waals surface area contributed by atoms with Crippen LogP contribution in [0.2, 0.25) is 0 Å². The van der Waals surface area contributed by atoms with Gasteiger partial charge in [0.05, 0.1) is 16.8 Å². The number of ether oxygens (including phenoxy) is 1. The van der Waals surface area contributed by atoms with E-state index in [-0.39, 0.29) is 5.97 Å². The molecule has 3 aliphatic rings. The molecule has 0 amide bonds. The molecule has 0 atom stereocenters. The average molecular weight is 446 g/mol. The van der Waals surface area contributed by atoms with Gasteiger partial charge < -0.3 is 14.5 Å². The highest BCUT2D eigenvalue weighted by Gasteiger charge is 2.38. The molecular formula is C26H31N5O2. The minimum absolute atomic E-state index is 0.190. The lowest BCUT2D eigenvalue weighted by molar-refractivity contribution is 0.0535. The lowest BCUT2D eigenvalue weighted by atomic mass is 9.71. The molecule has 0 saturated carbocycles. The van der Waals surface area contributed by atoms with Gasteiger partial charge in [0.25, 0.3) is 0 Å². The van der Waals surface area contributed by atoms with Crippen molar-refractivity contribution in [2.75, 3.05) is 37.6 Å². The third-order valence-electron chi connectivity index (χ3n) is 8.03. The van der Waals surface area contributed by atoms with Gasteiger partial charge in [0, 0.05) is 25.2 Å². The Kier molecular flexibility index (Phi) is 5.79. The van der Waals surface area contributed by atoms with E-state index in [0.717, 1.165) is 74.6 Å². The Morgan fingerprint density at radius 3 is 2.55 bits per heavy atom. The summed E-state index contributed by atoms with van der Waals surface area (Å²) in [5.74, 6) is 0.553. The zero-order valence-electron chi connectivity index (χ0n) is 19.6. The van der Waals surface area contributed by atoms with E-state index in [4.69, 9.17) is 4.74 Å². The largest absolute Gasteiger partial charge is 0.457 e. The van der Waals surface area contributed by atoms with Crippen molar-refractivity contribution in [2.45, 2.75) is 52.6 Å². The number of aryl methyl sites for hydroxylation is 1. The summed E-state index contributed by atoms with van der Waals surface area (Å²) in [4.78, 5) is 16.6. The van der Waals surface area contributed by atoms with Gasteiger partial charge >= 0.3 is 5.97 Å². The number of carbonyl (C=O) groups is 1. The van der Waals surface area contributed by atoms with Gasteiger partial charge in [-0.05, 0) is 87.7 Å². The van der Waals surface area contributed by atoms with Crippen LogP contribution in [0.3, 0.4) is 0 Å². The molecule has 0 N–H and O–H groups in total. The highest BCUT2D eigenvalue weighted by Crippen LogP contribution is 2.42. The van der Waals surface area contributed by atoms with Gasteiger partial charge in [-0.2, -0.15) is 10.4 Å². The number of aromatic nitrogens is 2. The number of nitriles is 1. The van der Waals surface area contributed by atoms with E-state index in [2.05, 4.69) is 39.1 Å². The van der Waals surface area contributed by atoms with Crippen molar-refractivity contribution in [3.63, 3.8) is 0 Å². The Balaban J connectivity index is 1.14. The number of hydrogen-bond donors (Lipinski definition) is 0. The Labute approximate surface area is 195 Å². The molecule has 3 aliphatic heterocycles. The zero-order chi connectivity index (χ0) is 23.0. The van der Waals surface area contributed by atoms with Crippen LogP contribution in [0.1, 0.15) is 64.0 Å². The third kappa shape index (κ3) is 4.20. The number of nitrogens with zero attached hydrogens (tertiary/aromatic N) is 5. The first-order valence-corrected chi connectivity index (χ1v) is 12.0. The number of esters is 1. The zero-order valence-corrected chi connectivity index (χ0v) is 19.6. The van der Waals surface area contributed by atoms with Crippen molar-refractivity contribution >= 4 is 11.8 Å². The number of carbonyl (C=O) groups excluding carboxylic acids is 1. The number of rotatable bonds is 4. The lowest BCUT2D eigenvalue weighted by Crippen LogP contribution is -2.47. The first-order chi connectivity index (χ1) is 16.0. The van der Waals surface area contributed by atoms with Crippen molar-refractivity contribution in [3.8, 4) is 6.07 Å². The fourth-order valence-corrected chi connectivity index (χ4v) is 5.69. The standard InChI is InChI=1S/C26H31N5O2/c1-18-15-21(16-27)24(29-28-18)31-13-8-26(9-14-31)6-11-30(12-7-26)10-5-20-3-4-22-23(19(20)2)17-33-25(22)32/h3-4,15H,5-14,17H2,1-2H3. The third-order valence-corrected chi connectivity index (χ3v) is 8.03. The maximum absolute atomic E-state index is 11.8. The topological polar surface area (TPSA) is 82.4 Å². The minimum atomic E-state index is -0.190. The van der Waals surface area contributed by atoms with E-state index < -0.39 is 0 Å². The molecule has 0 bridgehead atoms. The van der Waals surface area contributed by atoms with Crippen LogP contribution in [0.5, 0.6) is 0 Å². The van der Waals surface area contributed by atoms with Crippen molar-refractivity contribution in [1.29, 1.82) is 5.26 Å². The second kappa shape index (κ2) is 8.75. The number of fused-ring (bicyclic) bond motifs is 1. The molecule has 1 aromatic carbocycles. The highest BCUT2D eigenvalue weighted by atomic mass is 16.5. The number of likely N-dealkylation sites (tertiary alicyclic amines) is 1. The summed E-state index contributed by atoms with van der Waals surface area (Å²) < 4.78 is 5.20. The summed E-state index contributed by atoms with van der Waals surface area (Å²) in [6.45, 7) is 9.63. The van der Waals surface area contributed by atoms with Gasteiger partial charge in [0.15, 0.2) is 5.82 Å². The quantitative estimate of drug-likeness (QED) is 0.666. The predicted molar refractivity (Wildman–Crippen MR) is 125 cm³/mol. The van der Waals surface area contributed by atoms with E-state index >= 15 is 0 Å². The molecule has 1 spiro atoms. The van der Waals surface area contributed by atoms with Crippen LogP contribution in [-0.4, -0.2) is 53.8 Å². The SMILES string of the molecule is Cc1cc(C#N)c(N2CCC3(CCN(CCc4ccc5c(c4C)COC5=O)CC3)CC2)nn1. The molecule has 7 nitrogen and oxygen atoms in total. The smallest absolute Gasteiger partial charge is 0.338 e. The number of benzene rings is 1. The molecule has 7 heteroatoms. The van der Waals surface area contributed by atoms with Crippen LogP contribution in [0.25, 0.3) is 0 Å². The summed E-state index contributed by atoms with van der Waals surface area (Å²) in [5, 5.41) is 18.0. The van der Waals surface area contributed by atoms with Crippen LogP contribution in [0, 0.1) is 30.6 Å². The van der Waals surface area contributed by atoms with E-state index in [1.807, 2.05) is 19.1 Å². The van der Waals surface area contributed by atoms with Crippen LogP contribution in [0.4, 0.5) is 5.82 Å². The van der Waals surface area contributed by atoms with Gasteiger partial charge in [0.2, 0.25) is 0 Å². The Hall–Kier alpha value is -2.98. The van der Waals surface area contributed by atoms with E-state index in [1.54, 1.807) is 0 Å². The lowest BCUT2D eigenvalue weighted by Gasteiger charge is -2.47. The van der Waals surface area contributed by atoms with E-state index in [9.17, 15) is 10.1 Å². The van der Waals surface area contributed by atoms with Crippen LogP contribution < -0.4 is 4.90 Å². The van der Waals surface area contributed by atoms with E-state index in [0.29, 0.717) is 17.6 Å². The van der Waals surface area contributed by atoms with Crippen molar-refractivity contribution in [1.82, 2.24) is 15.1 Å². The Morgan fingerprint density at radius 1 is 1.09 bits per heavy atom. The van der Waals surface area contributed by atoms with Crippen LogP contribution in [-0.2, 0) is 17.8 Å². The minimum Gasteiger partial charge on any atom is -0.457 e. The summed E-state index contributed by atoms with van der Waals surface area (Å²) in [5.41, 5.74) is 6.18. The van der Waals surface area contributed by atoms with Crippen molar-refractivity contribution in [2.24, 2.45) is 5.41 Å². The molecule has 2 saturated heterocycles. The van der Waals surface area contributed by atoms with Crippen molar-refractivity contribution < 1.29 is 9.53 Å². The number of cyclic esters (lactones) is 1. The number of piperidine rings is 2. The van der Waals surface area contributed by atoms with E-state index in [1.165, 1.54) is 24.0 Å². The van der Waals surface area contributed by atoms with Gasteiger partial charge in [-0.25, -0.2) is 4.79 Å². The molecule has 4 heterocycles. The molecule has 5 rings (SSSR count). The van der Waals surface area contributed by atoms with Crippen molar-refractivity contribution in [3.05, 3.63) is 51.7 Å². The Morgan fingerprint density at radius 2 is 1.82 bits per heavy atom. The maximum atomic E-state index is 11.8. The van der Waals surface area contributed by atoms with Crippen LogP contribution in [0.15, 0.2) is 18.2 Å². The fourth-order valence-electron chi connectivity index (χ4n) is 5.69. The van der Waals surface area contributed by atoms with Gasteiger partial charge in [-0.15, -0.1) is 5.10 Å². The second-order valence-corrected chi connectivity index (χ2v) is 9.87. The average Bonchev–Trinajstić information content (AvgIpc) is 3.22. The summed E-state index contributed by atoms with van der Waals surface area (Å²) in [7, 11) is 0. The van der Waals surface area contributed by atoms with Gasteiger partial charge in [0.1, 0.15) is 12.7 Å². The molecule has 0 unspecified atom stereocenters. The number of hydrogen-bond acceptors (Lipinski definition) is 7. The monoisotopic (exact) mass is 445 g/mol.